The van der Waals surface area contributed by atoms with Crippen LogP contribution >= 0.6 is 0 Å². The molecule has 0 aromatic heterocycles. The average Bonchev–Trinajstić information content (AvgIpc) is 3.09. The highest BCUT2D eigenvalue weighted by Crippen LogP contribution is 2.37. The number of cyclic esters (lactones) is 1. The third kappa shape index (κ3) is 5.45. The van der Waals surface area contributed by atoms with Crippen molar-refractivity contribution in [3.63, 3.8) is 0 Å². The second-order valence-corrected chi connectivity index (χ2v) is 10.3. The molecule has 6 nitrogen and oxygen atoms in total. The van der Waals surface area contributed by atoms with Crippen molar-refractivity contribution in [2.45, 2.75) is 55.3 Å². The molecular formula is C20H22F6N2O4S. The van der Waals surface area contributed by atoms with Crippen molar-refractivity contribution in [2.75, 3.05) is 6.54 Å². The Morgan fingerprint density at radius 1 is 1.18 bits per heavy atom. The van der Waals surface area contributed by atoms with Crippen LogP contribution in [-0.2, 0) is 20.8 Å². The van der Waals surface area contributed by atoms with E-state index in [0.717, 1.165) is 29.2 Å². The SMILES string of the molecule is CC/C(=C\C=C(/N)C(F)(F)F)N1C[C@@H](C(C)(C)S(=O)(=O)c2cccc(C(F)(F)F)c2)OC1=O. The van der Waals surface area contributed by atoms with Gasteiger partial charge in [-0.1, -0.05) is 13.0 Å². The number of carbonyl (C=O) groups is 1. The molecule has 0 aliphatic carbocycles. The molecule has 0 unspecified atom stereocenters. The lowest BCUT2D eigenvalue weighted by Crippen LogP contribution is -2.46. The van der Waals surface area contributed by atoms with Crippen molar-refractivity contribution < 1.29 is 44.3 Å². The van der Waals surface area contributed by atoms with Crippen molar-refractivity contribution in [2.24, 2.45) is 5.73 Å². The lowest BCUT2D eigenvalue weighted by molar-refractivity contribution is -0.137. The maximum Gasteiger partial charge on any atom is 0.430 e. The highest BCUT2D eigenvalue weighted by atomic mass is 32.2. The van der Waals surface area contributed by atoms with E-state index in [1.54, 1.807) is 6.92 Å². The molecule has 1 aromatic carbocycles. The number of amides is 1. The van der Waals surface area contributed by atoms with Crippen molar-refractivity contribution in [3.05, 3.63) is 53.4 Å². The van der Waals surface area contributed by atoms with Gasteiger partial charge in [0, 0.05) is 5.70 Å². The standard InChI is InChI=1S/C20H22F6N2O4S/c1-4-13(8-9-15(27)20(24,25)26)28-11-16(32-17(28)29)18(2,3)33(30,31)14-7-5-6-12(10-14)19(21,22)23/h5-10,16H,4,11,27H2,1-3H3/b13-8+,15-9-/t16-/m0/s1. The average molecular weight is 500 g/mol. The van der Waals surface area contributed by atoms with Gasteiger partial charge in [-0.05, 0) is 50.6 Å². The third-order valence-electron chi connectivity index (χ3n) is 5.24. The van der Waals surface area contributed by atoms with Gasteiger partial charge in [-0.15, -0.1) is 0 Å². The zero-order valence-corrected chi connectivity index (χ0v) is 18.6. The maximum absolute atomic E-state index is 13.2. The Morgan fingerprint density at radius 2 is 1.79 bits per heavy atom. The van der Waals surface area contributed by atoms with E-state index in [1.807, 2.05) is 0 Å². The van der Waals surface area contributed by atoms with E-state index in [2.05, 4.69) is 0 Å². The third-order valence-corrected chi connectivity index (χ3v) is 7.77. The number of allylic oxidation sites excluding steroid dienone is 4. The van der Waals surface area contributed by atoms with E-state index >= 15 is 0 Å². The smallest absolute Gasteiger partial charge is 0.430 e. The maximum atomic E-state index is 13.2. The topological polar surface area (TPSA) is 89.7 Å². The number of sulfone groups is 1. The molecule has 184 valence electrons. The Labute approximate surface area is 186 Å². The van der Waals surface area contributed by atoms with Crippen molar-refractivity contribution >= 4 is 15.9 Å². The molecule has 2 rings (SSSR count). The fourth-order valence-electron chi connectivity index (χ4n) is 3.05. The second kappa shape index (κ2) is 8.92. The fraction of sp³-hybridized carbons (Fsp3) is 0.450. The van der Waals surface area contributed by atoms with Gasteiger partial charge in [0.05, 0.1) is 17.0 Å². The zero-order chi connectivity index (χ0) is 25.4. The van der Waals surface area contributed by atoms with E-state index in [0.29, 0.717) is 12.1 Å². The van der Waals surface area contributed by atoms with Crippen molar-refractivity contribution in [1.29, 1.82) is 0 Å². The van der Waals surface area contributed by atoms with Crippen LogP contribution in [0.5, 0.6) is 0 Å². The van der Waals surface area contributed by atoms with Crippen LogP contribution in [-0.4, -0.2) is 43.0 Å². The number of nitrogens with zero attached hydrogens (tertiary/aromatic N) is 1. The lowest BCUT2D eigenvalue weighted by atomic mass is 10.1. The Hall–Kier alpha value is -2.70. The van der Waals surface area contributed by atoms with Crippen molar-refractivity contribution in [3.8, 4) is 0 Å². The quantitative estimate of drug-likeness (QED) is 0.449. The zero-order valence-electron chi connectivity index (χ0n) is 17.8. The number of ether oxygens (including phenoxy) is 1. The Morgan fingerprint density at radius 3 is 2.30 bits per heavy atom. The summed E-state index contributed by atoms with van der Waals surface area (Å²) in [6, 6.07) is 3.17. The van der Waals surface area contributed by atoms with Crippen LogP contribution in [0.1, 0.15) is 32.8 Å². The van der Waals surface area contributed by atoms with Gasteiger partial charge in [0.25, 0.3) is 0 Å². The first-order chi connectivity index (χ1) is 14.9. The molecule has 1 atom stereocenters. The number of carbonyl (C=O) groups excluding carboxylic acids is 1. The van der Waals surface area contributed by atoms with Gasteiger partial charge >= 0.3 is 18.4 Å². The fourth-order valence-corrected chi connectivity index (χ4v) is 4.67. The molecular weight excluding hydrogens is 478 g/mol. The first-order valence-corrected chi connectivity index (χ1v) is 11.0. The predicted octanol–water partition coefficient (Wildman–Crippen LogP) is 4.78. The van der Waals surface area contributed by atoms with Crippen LogP contribution in [0.15, 0.2) is 52.7 Å². The molecule has 1 aromatic rings. The Kier molecular flexibility index (Phi) is 7.17. The number of nitrogens with two attached hydrogens (primary N) is 1. The van der Waals surface area contributed by atoms with E-state index in [-0.39, 0.29) is 18.7 Å². The largest absolute Gasteiger partial charge is 0.442 e. The van der Waals surface area contributed by atoms with Gasteiger partial charge in [0.15, 0.2) is 9.84 Å². The van der Waals surface area contributed by atoms with Crippen molar-refractivity contribution in [1.82, 2.24) is 4.90 Å². The molecule has 13 heteroatoms. The molecule has 1 aliphatic heterocycles. The monoisotopic (exact) mass is 500 g/mol. The van der Waals surface area contributed by atoms with Gasteiger partial charge in [-0.2, -0.15) is 26.3 Å². The molecule has 0 spiro atoms. The van der Waals surface area contributed by atoms with E-state index in [9.17, 15) is 39.6 Å². The molecule has 0 radical (unpaired) electrons. The summed E-state index contributed by atoms with van der Waals surface area (Å²) >= 11 is 0. The summed E-state index contributed by atoms with van der Waals surface area (Å²) in [5.74, 6) is 0. The molecule has 0 saturated carbocycles. The summed E-state index contributed by atoms with van der Waals surface area (Å²) in [5, 5.41) is 0. The Balaban J connectivity index is 2.37. The number of rotatable bonds is 6. The van der Waals surface area contributed by atoms with Crippen LogP contribution in [0.2, 0.25) is 0 Å². The number of alkyl halides is 6. The first kappa shape index (κ1) is 26.6. The summed E-state index contributed by atoms with van der Waals surface area (Å²) in [6.07, 6.45) is -10.2. The normalized spacial score (nSPS) is 19.1. The number of benzene rings is 1. The molecule has 1 aliphatic rings. The van der Waals surface area contributed by atoms with Gasteiger partial charge in [-0.3, -0.25) is 4.90 Å². The number of halogens is 6. The molecule has 2 N–H and O–H groups in total. The number of hydrogen-bond acceptors (Lipinski definition) is 5. The number of hydrogen-bond donors (Lipinski definition) is 1. The summed E-state index contributed by atoms with van der Waals surface area (Å²) < 4.78 is 107. The molecule has 33 heavy (non-hydrogen) atoms. The first-order valence-electron chi connectivity index (χ1n) is 9.56. The van der Waals surface area contributed by atoms with E-state index in [1.165, 1.54) is 13.8 Å². The summed E-state index contributed by atoms with van der Waals surface area (Å²) in [5.41, 5.74) is 2.47. The Bertz CT molecular complexity index is 1070. The minimum absolute atomic E-state index is 0.0852. The molecule has 1 amide bonds. The lowest BCUT2D eigenvalue weighted by Gasteiger charge is -2.29. The van der Waals surface area contributed by atoms with Gasteiger partial charge in [0.2, 0.25) is 0 Å². The highest BCUT2D eigenvalue weighted by Gasteiger charge is 2.50. The van der Waals surface area contributed by atoms with Crippen LogP contribution in [0, 0.1) is 0 Å². The molecule has 1 fully saturated rings. The summed E-state index contributed by atoms with van der Waals surface area (Å²) in [6.45, 7) is 3.60. The van der Waals surface area contributed by atoms with Crippen LogP contribution in [0.25, 0.3) is 0 Å². The molecule has 1 heterocycles. The van der Waals surface area contributed by atoms with Gasteiger partial charge in [0.1, 0.15) is 16.5 Å². The second-order valence-electron chi connectivity index (χ2n) is 7.75. The van der Waals surface area contributed by atoms with Crippen LogP contribution < -0.4 is 5.73 Å². The highest BCUT2D eigenvalue weighted by molar-refractivity contribution is 7.92. The van der Waals surface area contributed by atoms with Crippen LogP contribution in [0.3, 0.4) is 0 Å². The van der Waals surface area contributed by atoms with E-state index < -0.39 is 55.3 Å². The predicted molar refractivity (Wildman–Crippen MR) is 106 cm³/mol. The molecule has 0 bridgehead atoms. The van der Waals surface area contributed by atoms with Crippen LogP contribution in [0.4, 0.5) is 31.1 Å². The van der Waals surface area contributed by atoms with Gasteiger partial charge < -0.3 is 10.5 Å². The molecule has 1 saturated heterocycles. The minimum Gasteiger partial charge on any atom is -0.442 e. The minimum atomic E-state index is -4.77. The van der Waals surface area contributed by atoms with E-state index in [4.69, 9.17) is 10.5 Å². The van der Waals surface area contributed by atoms with Gasteiger partial charge in [-0.25, -0.2) is 13.2 Å². The summed E-state index contributed by atoms with van der Waals surface area (Å²) in [7, 11) is -4.43. The summed E-state index contributed by atoms with van der Waals surface area (Å²) in [4.78, 5) is 12.7.